The highest BCUT2D eigenvalue weighted by molar-refractivity contribution is 7.89. The first-order chi connectivity index (χ1) is 14.7. The van der Waals surface area contributed by atoms with Crippen molar-refractivity contribution in [3.8, 4) is 0 Å². The molecule has 0 radical (unpaired) electrons. The molecular weight excluding hydrogens is 414 g/mol. The van der Waals surface area contributed by atoms with Gasteiger partial charge in [0, 0.05) is 30.4 Å². The molecule has 7 nitrogen and oxygen atoms in total. The summed E-state index contributed by atoms with van der Waals surface area (Å²) in [6.07, 6.45) is 1.26. The van der Waals surface area contributed by atoms with Crippen LogP contribution >= 0.6 is 0 Å². The molecule has 1 aliphatic rings. The number of carbonyl (C=O) groups is 1. The Balaban J connectivity index is 1.53. The third kappa shape index (κ3) is 4.40. The number of hydrogen-bond acceptors (Lipinski definition) is 4. The highest BCUT2D eigenvalue weighted by atomic mass is 32.2. The molecule has 1 saturated heterocycles. The van der Waals surface area contributed by atoms with Crippen LogP contribution in [-0.2, 0) is 14.8 Å². The molecule has 2 N–H and O–H groups in total. The number of nitrogens with one attached hydrogen (secondary N) is 2. The quantitative estimate of drug-likeness (QED) is 0.652. The van der Waals surface area contributed by atoms with Gasteiger partial charge in [-0.2, -0.15) is 4.31 Å². The Morgan fingerprint density at radius 3 is 2.65 bits per heavy atom. The summed E-state index contributed by atoms with van der Waals surface area (Å²) in [7, 11) is -3.75. The zero-order valence-corrected chi connectivity index (χ0v) is 18.3. The minimum absolute atomic E-state index is 0.142. The van der Waals surface area contributed by atoms with Crippen molar-refractivity contribution in [2.45, 2.75) is 31.6 Å². The van der Waals surface area contributed by atoms with Crippen LogP contribution in [-0.4, -0.2) is 36.7 Å². The molecule has 0 saturated carbocycles. The van der Waals surface area contributed by atoms with E-state index in [1.54, 1.807) is 18.2 Å². The van der Waals surface area contributed by atoms with E-state index in [0.717, 1.165) is 16.8 Å². The van der Waals surface area contributed by atoms with Gasteiger partial charge in [-0.3, -0.25) is 9.59 Å². The van der Waals surface area contributed by atoms with E-state index in [-0.39, 0.29) is 22.9 Å². The van der Waals surface area contributed by atoms with Crippen LogP contribution in [0.1, 0.15) is 24.0 Å². The number of H-pyrrole nitrogens is 1. The number of piperidine rings is 1. The normalized spacial score (nSPS) is 17.5. The average Bonchev–Trinajstić information content (AvgIpc) is 2.76. The number of carbonyl (C=O) groups excluding carboxylic acids is 1. The van der Waals surface area contributed by atoms with Crippen LogP contribution in [0.25, 0.3) is 10.9 Å². The molecule has 3 aromatic rings. The molecule has 0 aliphatic carbocycles. The van der Waals surface area contributed by atoms with Gasteiger partial charge in [0.1, 0.15) is 0 Å². The van der Waals surface area contributed by atoms with E-state index in [1.807, 2.05) is 32.0 Å². The molecule has 31 heavy (non-hydrogen) atoms. The maximum Gasteiger partial charge on any atom is 0.248 e. The second kappa shape index (κ2) is 8.28. The number of nitrogens with zero attached hydrogens (tertiary/aromatic N) is 1. The van der Waals surface area contributed by atoms with Crippen LogP contribution in [0.4, 0.5) is 5.69 Å². The van der Waals surface area contributed by atoms with Crippen molar-refractivity contribution in [2.75, 3.05) is 18.4 Å². The monoisotopic (exact) mass is 439 g/mol. The van der Waals surface area contributed by atoms with Crippen molar-refractivity contribution in [3.63, 3.8) is 0 Å². The molecule has 1 atom stereocenters. The predicted molar refractivity (Wildman–Crippen MR) is 121 cm³/mol. The van der Waals surface area contributed by atoms with E-state index < -0.39 is 15.9 Å². The number of rotatable bonds is 4. The van der Waals surface area contributed by atoms with Gasteiger partial charge in [0.15, 0.2) is 0 Å². The highest BCUT2D eigenvalue weighted by Crippen LogP contribution is 2.26. The first-order valence-electron chi connectivity index (χ1n) is 10.3. The molecule has 1 aliphatic heterocycles. The van der Waals surface area contributed by atoms with Gasteiger partial charge in [-0.1, -0.05) is 6.07 Å². The molecule has 2 aromatic carbocycles. The molecule has 1 fully saturated rings. The third-order valence-corrected chi connectivity index (χ3v) is 7.72. The maximum atomic E-state index is 13.2. The Morgan fingerprint density at radius 2 is 1.87 bits per heavy atom. The molecule has 4 rings (SSSR count). The van der Waals surface area contributed by atoms with Gasteiger partial charge < -0.3 is 10.3 Å². The standard InChI is InChI=1S/C23H25N3O4S/c1-15-5-7-19(12-16(15)2)24-23(28)18-4-3-11-26(14-18)31(29,30)20-8-9-21-17(13-20)6-10-22(27)25-21/h5-10,12-13,18H,3-4,11,14H2,1-2H3,(H,24,28)(H,25,27)/t18-/m1/s1. The highest BCUT2D eigenvalue weighted by Gasteiger charge is 2.33. The van der Waals surface area contributed by atoms with E-state index >= 15 is 0 Å². The third-order valence-electron chi connectivity index (χ3n) is 5.86. The molecular formula is C23H25N3O4S. The van der Waals surface area contributed by atoms with Gasteiger partial charge in [-0.15, -0.1) is 0 Å². The summed E-state index contributed by atoms with van der Waals surface area (Å²) in [5.41, 5.74) is 3.29. The van der Waals surface area contributed by atoms with Crippen LogP contribution in [0.15, 0.2) is 58.2 Å². The van der Waals surface area contributed by atoms with Gasteiger partial charge >= 0.3 is 0 Å². The number of amides is 1. The number of aryl methyl sites for hydroxylation is 2. The number of anilines is 1. The molecule has 1 amide bonds. The largest absolute Gasteiger partial charge is 0.326 e. The fourth-order valence-electron chi connectivity index (χ4n) is 3.88. The topological polar surface area (TPSA) is 99.3 Å². The fraction of sp³-hybridized carbons (Fsp3) is 0.304. The first kappa shape index (κ1) is 21.3. The van der Waals surface area contributed by atoms with E-state index in [9.17, 15) is 18.0 Å². The van der Waals surface area contributed by atoms with E-state index in [1.165, 1.54) is 16.4 Å². The van der Waals surface area contributed by atoms with Crippen LogP contribution in [0.3, 0.4) is 0 Å². The zero-order valence-electron chi connectivity index (χ0n) is 17.5. The summed E-state index contributed by atoms with van der Waals surface area (Å²) in [5.74, 6) is -0.582. The lowest BCUT2D eigenvalue weighted by molar-refractivity contribution is -0.120. The van der Waals surface area contributed by atoms with Gasteiger partial charge in [0.25, 0.3) is 0 Å². The smallest absolute Gasteiger partial charge is 0.248 e. The van der Waals surface area contributed by atoms with Crippen LogP contribution in [0, 0.1) is 19.8 Å². The lowest BCUT2D eigenvalue weighted by Crippen LogP contribution is -2.43. The number of benzene rings is 2. The van der Waals surface area contributed by atoms with Crippen molar-refractivity contribution in [3.05, 3.63) is 70.0 Å². The molecule has 1 aromatic heterocycles. The number of fused-ring (bicyclic) bond motifs is 1. The van der Waals surface area contributed by atoms with Crippen molar-refractivity contribution < 1.29 is 13.2 Å². The van der Waals surface area contributed by atoms with Crippen LogP contribution in [0.2, 0.25) is 0 Å². The van der Waals surface area contributed by atoms with Crippen molar-refractivity contribution in [1.82, 2.24) is 9.29 Å². The van der Waals surface area contributed by atoms with Gasteiger partial charge in [-0.05, 0) is 79.6 Å². The SMILES string of the molecule is Cc1ccc(NC(=O)[C@@H]2CCCN(S(=O)(=O)c3ccc4[nH]c(=O)ccc4c3)C2)cc1C. The number of aromatic amines is 1. The Labute approximate surface area is 181 Å². The van der Waals surface area contributed by atoms with Gasteiger partial charge in [0.05, 0.1) is 10.8 Å². The summed E-state index contributed by atoms with van der Waals surface area (Å²) >= 11 is 0. The second-order valence-electron chi connectivity index (χ2n) is 8.06. The molecule has 0 unspecified atom stereocenters. The lowest BCUT2D eigenvalue weighted by Gasteiger charge is -2.31. The Morgan fingerprint density at radius 1 is 1.06 bits per heavy atom. The maximum absolute atomic E-state index is 13.2. The van der Waals surface area contributed by atoms with E-state index in [4.69, 9.17) is 0 Å². The molecule has 2 heterocycles. The Hall–Kier alpha value is -2.97. The number of sulfonamides is 1. The Bertz CT molecular complexity index is 1310. The van der Waals surface area contributed by atoms with Crippen LogP contribution in [0.5, 0.6) is 0 Å². The van der Waals surface area contributed by atoms with Crippen molar-refractivity contribution in [2.24, 2.45) is 5.92 Å². The fourth-order valence-corrected chi connectivity index (χ4v) is 5.44. The molecule has 0 spiro atoms. The van der Waals surface area contributed by atoms with Gasteiger partial charge in [-0.25, -0.2) is 8.42 Å². The van der Waals surface area contributed by atoms with E-state index in [2.05, 4.69) is 10.3 Å². The van der Waals surface area contributed by atoms with Crippen LogP contribution < -0.4 is 10.9 Å². The summed E-state index contributed by atoms with van der Waals surface area (Å²) in [6.45, 7) is 4.51. The summed E-state index contributed by atoms with van der Waals surface area (Å²) in [6, 6.07) is 13.3. The summed E-state index contributed by atoms with van der Waals surface area (Å²) in [5, 5.41) is 3.57. The summed E-state index contributed by atoms with van der Waals surface area (Å²) in [4.78, 5) is 27.1. The first-order valence-corrected chi connectivity index (χ1v) is 11.7. The predicted octanol–water partition coefficient (Wildman–Crippen LogP) is 3.18. The molecule has 0 bridgehead atoms. The number of pyridine rings is 1. The van der Waals surface area contributed by atoms with Crippen molar-refractivity contribution in [1.29, 1.82) is 0 Å². The van der Waals surface area contributed by atoms with Gasteiger partial charge in [0.2, 0.25) is 21.5 Å². The lowest BCUT2D eigenvalue weighted by atomic mass is 9.98. The second-order valence-corrected chi connectivity index (χ2v) is 10.0. The van der Waals surface area contributed by atoms with Crippen molar-refractivity contribution >= 4 is 32.5 Å². The molecule has 162 valence electrons. The minimum atomic E-state index is -3.75. The average molecular weight is 440 g/mol. The van der Waals surface area contributed by atoms with E-state index in [0.29, 0.717) is 30.3 Å². The number of hydrogen-bond donors (Lipinski definition) is 2. The summed E-state index contributed by atoms with van der Waals surface area (Å²) < 4.78 is 27.8. The minimum Gasteiger partial charge on any atom is -0.326 e. The zero-order chi connectivity index (χ0) is 22.2. The molecule has 8 heteroatoms. The number of aromatic nitrogens is 1. The Kier molecular flexibility index (Phi) is 5.68.